The molecule has 1 aromatic carbocycles. The normalized spacial score (nSPS) is 11.1. The van der Waals surface area contributed by atoms with Gasteiger partial charge in [-0.05, 0) is 17.7 Å². The average Bonchev–Trinajstić information content (AvgIpc) is 3.34. The van der Waals surface area contributed by atoms with E-state index in [2.05, 4.69) is 20.5 Å². The van der Waals surface area contributed by atoms with Gasteiger partial charge in [0.1, 0.15) is 23.1 Å². The molecule has 0 saturated heterocycles. The first-order valence-corrected chi connectivity index (χ1v) is 9.47. The Morgan fingerprint density at radius 3 is 2.94 bits per heavy atom. The van der Waals surface area contributed by atoms with Gasteiger partial charge in [-0.2, -0.15) is 5.10 Å². The van der Waals surface area contributed by atoms with E-state index in [1.165, 1.54) is 41.0 Å². The van der Waals surface area contributed by atoms with Gasteiger partial charge in [-0.1, -0.05) is 12.1 Å². The van der Waals surface area contributed by atoms with Crippen molar-refractivity contribution < 1.29 is 13.9 Å². The first kappa shape index (κ1) is 20.3. The second-order valence-electron chi connectivity index (χ2n) is 6.89. The highest BCUT2D eigenvalue weighted by molar-refractivity contribution is 5.96. The number of hydrogen-bond donors (Lipinski definition) is 1. The Hall–Kier alpha value is -4.02. The molecular formula is C20H20FN7O3. The van der Waals surface area contributed by atoms with Crippen molar-refractivity contribution >= 4 is 16.9 Å². The van der Waals surface area contributed by atoms with E-state index in [0.29, 0.717) is 28.7 Å². The molecule has 0 fully saturated rings. The minimum atomic E-state index is -0.363. The van der Waals surface area contributed by atoms with Gasteiger partial charge in [0.25, 0.3) is 11.5 Å². The second-order valence-corrected chi connectivity index (χ2v) is 6.89. The Labute approximate surface area is 175 Å². The molecule has 0 aliphatic heterocycles. The molecular weight excluding hydrogens is 405 g/mol. The molecule has 4 rings (SSSR count). The van der Waals surface area contributed by atoms with Crippen molar-refractivity contribution in [2.75, 3.05) is 13.7 Å². The molecule has 31 heavy (non-hydrogen) atoms. The molecule has 0 aliphatic carbocycles. The highest BCUT2D eigenvalue weighted by Crippen LogP contribution is 2.14. The number of nitrogens with zero attached hydrogens (tertiary/aromatic N) is 6. The highest BCUT2D eigenvalue weighted by atomic mass is 19.1. The molecule has 0 saturated carbocycles. The van der Waals surface area contributed by atoms with Crippen molar-refractivity contribution in [1.82, 2.24) is 34.4 Å². The first-order chi connectivity index (χ1) is 15.0. The molecule has 0 unspecified atom stereocenters. The Kier molecular flexibility index (Phi) is 5.48. The third-order valence-corrected chi connectivity index (χ3v) is 4.71. The van der Waals surface area contributed by atoms with Crippen LogP contribution in [0.25, 0.3) is 11.0 Å². The van der Waals surface area contributed by atoms with Crippen LogP contribution < -0.4 is 15.6 Å². The van der Waals surface area contributed by atoms with Crippen LogP contribution in [-0.2, 0) is 20.1 Å². The number of rotatable bonds is 7. The lowest BCUT2D eigenvalue weighted by atomic mass is 10.2. The average molecular weight is 425 g/mol. The Morgan fingerprint density at radius 2 is 2.16 bits per heavy atom. The maximum atomic E-state index is 13.4. The van der Waals surface area contributed by atoms with E-state index in [1.807, 2.05) is 0 Å². The van der Waals surface area contributed by atoms with E-state index in [4.69, 9.17) is 4.74 Å². The number of amides is 1. The van der Waals surface area contributed by atoms with E-state index >= 15 is 0 Å². The largest absolute Gasteiger partial charge is 0.479 e. The quantitative estimate of drug-likeness (QED) is 0.472. The molecule has 0 bridgehead atoms. The second kappa shape index (κ2) is 8.38. The third kappa shape index (κ3) is 4.15. The first-order valence-electron chi connectivity index (χ1n) is 9.47. The topological polar surface area (TPSA) is 109 Å². The lowest BCUT2D eigenvalue weighted by Crippen LogP contribution is -2.28. The van der Waals surface area contributed by atoms with Gasteiger partial charge in [0.15, 0.2) is 5.65 Å². The lowest BCUT2D eigenvalue weighted by Gasteiger charge is -2.07. The number of benzene rings is 1. The van der Waals surface area contributed by atoms with E-state index < -0.39 is 0 Å². The van der Waals surface area contributed by atoms with E-state index in [1.54, 1.807) is 30.1 Å². The van der Waals surface area contributed by atoms with Crippen molar-refractivity contribution in [2.45, 2.75) is 13.1 Å². The van der Waals surface area contributed by atoms with Crippen LogP contribution in [0, 0.1) is 5.82 Å². The zero-order chi connectivity index (χ0) is 22.0. The van der Waals surface area contributed by atoms with Gasteiger partial charge in [0.05, 0.1) is 26.4 Å². The number of nitrogens with one attached hydrogen (secondary N) is 1. The van der Waals surface area contributed by atoms with E-state index in [9.17, 15) is 14.0 Å². The fraction of sp³-hybridized carbons (Fsp3) is 0.250. The molecule has 10 nitrogen and oxygen atoms in total. The minimum Gasteiger partial charge on any atom is -0.479 e. The summed E-state index contributed by atoms with van der Waals surface area (Å²) in [7, 11) is 3.14. The van der Waals surface area contributed by atoms with Gasteiger partial charge in [-0.25, -0.2) is 14.1 Å². The minimum absolute atomic E-state index is 0.202. The van der Waals surface area contributed by atoms with Crippen LogP contribution in [-0.4, -0.2) is 48.7 Å². The van der Waals surface area contributed by atoms with Gasteiger partial charge in [-0.15, -0.1) is 5.10 Å². The van der Waals surface area contributed by atoms with Crippen LogP contribution in [0.5, 0.6) is 5.88 Å². The molecule has 3 heterocycles. The van der Waals surface area contributed by atoms with Gasteiger partial charge in [-0.3, -0.25) is 18.8 Å². The smallest absolute Gasteiger partial charge is 0.264 e. The summed E-state index contributed by atoms with van der Waals surface area (Å²) in [5.74, 6) is -0.449. The molecule has 4 aromatic rings. The molecule has 0 spiro atoms. The molecule has 11 heteroatoms. The van der Waals surface area contributed by atoms with Crippen LogP contribution in [0.4, 0.5) is 4.39 Å². The van der Waals surface area contributed by atoms with Crippen molar-refractivity contribution in [3.05, 3.63) is 70.3 Å². The number of ether oxygens (including phenoxy) is 1. The van der Waals surface area contributed by atoms with Gasteiger partial charge in [0, 0.05) is 19.8 Å². The summed E-state index contributed by atoms with van der Waals surface area (Å²) in [5.41, 5.74) is 1.12. The Bertz CT molecular complexity index is 1310. The highest BCUT2D eigenvalue weighted by Gasteiger charge is 2.16. The van der Waals surface area contributed by atoms with Gasteiger partial charge < -0.3 is 10.1 Å². The molecule has 1 amide bonds. The molecule has 3 aromatic heterocycles. The number of fused-ring (bicyclic) bond motifs is 1. The molecule has 160 valence electrons. The van der Waals surface area contributed by atoms with Crippen molar-refractivity contribution in [3.63, 3.8) is 0 Å². The number of aromatic nitrogens is 6. The van der Waals surface area contributed by atoms with E-state index in [0.717, 1.165) is 0 Å². The fourth-order valence-corrected chi connectivity index (χ4v) is 3.25. The molecule has 1 N–H and O–H groups in total. The Morgan fingerprint density at radius 1 is 1.32 bits per heavy atom. The van der Waals surface area contributed by atoms with Crippen LogP contribution in [0.15, 0.2) is 47.8 Å². The number of halogens is 1. The summed E-state index contributed by atoms with van der Waals surface area (Å²) in [6.07, 6.45) is 4.42. The summed E-state index contributed by atoms with van der Waals surface area (Å²) in [6, 6.07) is 6.05. The van der Waals surface area contributed by atoms with Crippen LogP contribution in [0.2, 0.25) is 0 Å². The van der Waals surface area contributed by atoms with Crippen LogP contribution >= 0.6 is 0 Å². The monoisotopic (exact) mass is 425 g/mol. The third-order valence-electron chi connectivity index (χ3n) is 4.71. The van der Waals surface area contributed by atoms with E-state index in [-0.39, 0.29) is 36.3 Å². The van der Waals surface area contributed by atoms with Gasteiger partial charge in [0.2, 0.25) is 5.88 Å². The Balaban J connectivity index is 1.46. The number of aryl methyl sites for hydroxylation is 1. The predicted molar refractivity (Wildman–Crippen MR) is 109 cm³/mol. The fourth-order valence-electron chi connectivity index (χ4n) is 3.25. The summed E-state index contributed by atoms with van der Waals surface area (Å²) in [6.45, 7) is 0.785. The maximum absolute atomic E-state index is 13.4. The number of carbonyl (C=O) groups excluding carboxylic acids is 1. The molecule has 0 radical (unpaired) electrons. The lowest BCUT2D eigenvalue weighted by molar-refractivity contribution is 0.0949. The maximum Gasteiger partial charge on any atom is 0.264 e. The molecule has 0 aliphatic rings. The summed E-state index contributed by atoms with van der Waals surface area (Å²) in [4.78, 5) is 29.4. The van der Waals surface area contributed by atoms with Crippen molar-refractivity contribution in [1.29, 1.82) is 0 Å². The van der Waals surface area contributed by atoms with Gasteiger partial charge >= 0.3 is 0 Å². The van der Waals surface area contributed by atoms with Crippen molar-refractivity contribution in [3.8, 4) is 5.88 Å². The van der Waals surface area contributed by atoms with Crippen molar-refractivity contribution in [2.24, 2.45) is 7.05 Å². The van der Waals surface area contributed by atoms with Crippen LogP contribution in [0.1, 0.15) is 15.9 Å². The van der Waals surface area contributed by atoms with Crippen LogP contribution in [0.3, 0.4) is 0 Å². The SMILES string of the molecule is COc1nn(C)cc1C(=O)NCCn1ncc2c(=O)n(Cc3cccc(F)c3)cnc21. The summed E-state index contributed by atoms with van der Waals surface area (Å²) >= 11 is 0. The predicted octanol–water partition coefficient (Wildman–Crippen LogP) is 0.952. The summed E-state index contributed by atoms with van der Waals surface area (Å²) < 4.78 is 22.9. The number of carbonyl (C=O) groups is 1. The summed E-state index contributed by atoms with van der Waals surface area (Å²) in [5, 5.41) is 11.4. The zero-order valence-corrected chi connectivity index (χ0v) is 16.9. The number of hydrogen-bond acceptors (Lipinski definition) is 6. The standard InChI is InChI=1S/C20H20FN7O3/c1-26-11-16(19(25-26)31-2)18(29)22-6-7-28-17-15(9-24-28)20(30)27(12-23-17)10-13-4-3-5-14(21)8-13/h3-5,8-9,11-12H,6-7,10H2,1-2H3,(H,22,29). The molecule has 0 atom stereocenters. The zero-order valence-electron chi connectivity index (χ0n) is 16.9. The number of methoxy groups -OCH3 is 1.